The van der Waals surface area contributed by atoms with Crippen LogP contribution in [0.15, 0.2) is 24.7 Å². The molecule has 0 unspecified atom stereocenters. The third-order valence-electron chi connectivity index (χ3n) is 4.17. The van der Waals surface area contributed by atoms with Gasteiger partial charge in [-0.05, 0) is 31.7 Å². The van der Waals surface area contributed by atoms with Crippen molar-refractivity contribution in [3.8, 4) is 11.8 Å². The lowest BCUT2D eigenvalue weighted by Gasteiger charge is -2.27. The highest BCUT2D eigenvalue weighted by molar-refractivity contribution is 6.29. The van der Waals surface area contributed by atoms with Crippen LogP contribution in [0, 0.1) is 11.8 Å². The van der Waals surface area contributed by atoms with E-state index in [-0.39, 0.29) is 18.7 Å². The normalized spacial score (nSPS) is 20.0. The molecule has 0 aromatic carbocycles. The lowest BCUT2D eigenvalue weighted by Crippen LogP contribution is -2.30. The Balaban J connectivity index is 1.78. The summed E-state index contributed by atoms with van der Waals surface area (Å²) in [6, 6.07) is 1.94. The standard InChI is InChI=1S/C18H20ClFN4O/c19-18-9-17(23-15-2-1-3-16(25)8-15)14(11-21-18)5-4-13-10-22-24(12-13)7-6-20/h9-12,15-16,25H,1-3,6-8H2,(H,21,23)/t15-,16+/m1/s1. The van der Waals surface area contributed by atoms with E-state index < -0.39 is 6.67 Å². The number of rotatable bonds is 4. The Morgan fingerprint density at radius 1 is 1.36 bits per heavy atom. The Kier molecular flexibility index (Phi) is 5.90. The van der Waals surface area contributed by atoms with Gasteiger partial charge in [0.15, 0.2) is 0 Å². The molecule has 2 aromatic rings. The number of nitrogens with zero attached hydrogens (tertiary/aromatic N) is 3. The highest BCUT2D eigenvalue weighted by Gasteiger charge is 2.20. The van der Waals surface area contributed by atoms with E-state index in [0.29, 0.717) is 17.1 Å². The van der Waals surface area contributed by atoms with Crippen molar-refractivity contribution in [2.45, 2.75) is 44.4 Å². The molecule has 5 nitrogen and oxygen atoms in total. The highest BCUT2D eigenvalue weighted by atomic mass is 35.5. The van der Waals surface area contributed by atoms with Crippen LogP contribution < -0.4 is 5.32 Å². The number of hydrogen-bond acceptors (Lipinski definition) is 4. The summed E-state index contributed by atoms with van der Waals surface area (Å²) in [5, 5.41) is 17.7. The molecule has 3 rings (SSSR count). The molecule has 2 atom stereocenters. The van der Waals surface area contributed by atoms with Gasteiger partial charge in [-0.15, -0.1) is 0 Å². The molecule has 0 amide bonds. The van der Waals surface area contributed by atoms with Gasteiger partial charge < -0.3 is 10.4 Å². The Hall–Kier alpha value is -2.10. The van der Waals surface area contributed by atoms with E-state index in [1.165, 1.54) is 4.68 Å². The van der Waals surface area contributed by atoms with Crippen LogP contribution in [0.25, 0.3) is 0 Å². The lowest BCUT2D eigenvalue weighted by molar-refractivity contribution is 0.124. The number of pyridine rings is 1. The van der Waals surface area contributed by atoms with E-state index in [0.717, 1.165) is 30.5 Å². The number of alkyl halides is 1. The predicted octanol–water partition coefficient (Wildman–Crippen LogP) is 3.02. The third-order valence-corrected chi connectivity index (χ3v) is 4.37. The summed E-state index contributed by atoms with van der Waals surface area (Å²) < 4.78 is 13.9. The summed E-state index contributed by atoms with van der Waals surface area (Å²) >= 11 is 6.02. The molecule has 2 heterocycles. The molecule has 0 spiro atoms. The fourth-order valence-corrected chi connectivity index (χ4v) is 3.10. The minimum atomic E-state index is -0.461. The molecule has 0 radical (unpaired) electrons. The number of halogens is 2. The molecular weight excluding hydrogens is 343 g/mol. The van der Waals surface area contributed by atoms with Crippen molar-refractivity contribution in [1.82, 2.24) is 14.8 Å². The van der Waals surface area contributed by atoms with E-state index in [2.05, 4.69) is 27.2 Å². The third kappa shape index (κ3) is 4.94. The van der Waals surface area contributed by atoms with E-state index in [4.69, 9.17) is 11.6 Å². The molecule has 25 heavy (non-hydrogen) atoms. The topological polar surface area (TPSA) is 63.0 Å². The molecule has 0 aliphatic heterocycles. The smallest absolute Gasteiger partial charge is 0.131 e. The number of aliphatic hydroxyl groups is 1. The molecule has 1 aliphatic rings. The van der Waals surface area contributed by atoms with Gasteiger partial charge in [0.2, 0.25) is 0 Å². The zero-order valence-corrected chi connectivity index (χ0v) is 14.5. The Morgan fingerprint density at radius 2 is 2.24 bits per heavy atom. The first-order valence-electron chi connectivity index (χ1n) is 8.34. The number of nitrogens with one attached hydrogen (secondary N) is 1. The molecule has 1 fully saturated rings. The lowest BCUT2D eigenvalue weighted by atomic mass is 9.93. The van der Waals surface area contributed by atoms with Crippen LogP contribution >= 0.6 is 11.6 Å². The van der Waals surface area contributed by atoms with Crippen molar-refractivity contribution in [2.24, 2.45) is 0 Å². The van der Waals surface area contributed by atoms with Crippen LogP contribution in [-0.2, 0) is 6.54 Å². The van der Waals surface area contributed by atoms with Crippen LogP contribution in [0.5, 0.6) is 0 Å². The van der Waals surface area contributed by atoms with Gasteiger partial charge in [-0.2, -0.15) is 5.10 Å². The van der Waals surface area contributed by atoms with Gasteiger partial charge in [0.25, 0.3) is 0 Å². The van der Waals surface area contributed by atoms with E-state index in [1.807, 2.05) is 0 Å². The average Bonchev–Trinajstić information content (AvgIpc) is 3.02. The van der Waals surface area contributed by atoms with Crippen molar-refractivity contribution < 1.29 is 9.50 Å². The minimum absolute atomic E-state index is 0.190. The van der Waals surface area contributed by atoms with Crippen molar-refractivity contribution in [2.75, 3.05) is 12.0 Å². The second-order valence-electron chi connectivity index (χ2n) is 6.15. The zero-order valence-electron chi connectivity index (χ0n) is 13.8. The Labute approximate surface area is 151 Å². The van der Waals surface area contributed by atoms with Crippen LogP contribution in [0.4, 0.5) is 10.1 Å². The summed E-state index contributed by atoms with van der Waals surface area (Å²) in [6.45, 7) is -0.238. The maximum absolute atomic E-state index is 12.3. The molecule has 0 saturated heterocycles. The van der Waals surface area contributed by atoms with Gasteiger partial charge >= 0.3 is 0 Å². The molecule has 0 bridgehead atoms. The fourth-order valence-electron chi connectivity index (χ4n) is 2.94. The quantitative estimate of drug-likeness (QED) is 0.648. The SMILES string of the molecule is O[C@H]1CCC[C@@H](Nc2cc(Cl)ncc2C#Cc2cnn(CCF)c2)C1. The number of aromatic nitrogens is 3. The number of aliphatic hydroxyl groups excluding tert-OH is 1. The van der Waals surface area contributed by atoms with Crippen molar-refractivity contribution in [3.05, 3.63) is 40.9 Å². The summed E-state index contributed by atoms with van der Waals surface area (Å²) in [5.41, 5.74) is 2.24. The predicted molar refractivity (Wildman–Crippen MR) is 95.3 cm³/mol. The number of anilines is 1. The molecule has 132 valence electrons. The molecular formula is C18H20ClFN4O. The maximum Gasteiger partial charge on any atom is 0.131 e. The monoisotopic (exact) mass is 362 g/mol. The Morgan fingerprint density at radius 3 is 3.04 bits per heavy atom. The first-order valence-corrected chi connectivity index (χ1v) is 8.72. The largest absolute Gasteiger partial charge is 0.393 e. The molecule has 1 aliphatic carbocycles. The number of hydrogen-bond donors (Lipinski definition) is 2. The minimum Gasteiger partial charge on any atom is -0.393 e. The Bertz CT molecular complexity index is 783. The molecule has 2 aromatic heterocycles. The first-order chi connectivity index (χ1) is 12.1. The van der Waals surface area contributed by atoms with Crippen molar-refractivity contribution in [3.63, 3.8) is 0 Å². The maximum atomic E-state index is 12.3. The van der Waals surface area contributed by atoms with Crippen LogP contribution in [0.1, 0.15) is 36.8 Å². The molecule has 2 N–H and O–H groups in total. The summed E-state index contributed by atoms with van der Waals surface area (Å²) in [4.78, 5) is 4.10. The van der Waals surface area contributed by atoms with Crippen molar-refractivity contribution in [1.29, 1.82) is 0 Å². The van der Waals surface area contributed by atoms with E-state index in [9.17, 15) is 9.50 Å². The van der Waals surface area contributed by atoms with Gasteiger partial charge in [0.05, 0.1) is 35.7 Å². The summed E-state index contributed by atoms with van der Waals surface area (Å²) in [5.74, 6) is 6.09. The molecule has 7 heteroatoms. The second kappa shape index (κ2) is 8.32. The number of aryl methyl sites for hydroxylation is 1. The van der Waals surface area contributed by atoms with Crippen LogP contribution in [-0.4, -0.2) is 38.7 Å². The average molecular weight is 363 g/mol. The van der Waals surface area contributed by atoms with Crippen LogP contribution in [0.3, 0.4) is 0 Å². The molecule has 1 saturated carbocycles. The van der Waals surface area contributed by atoms with E-state index in [1.54, 1.807) is 24.7 Å². The van der Waals surface area contributed by atoms with Crippen molar-refractivity contribution >= 4 is 17.3 Å². The first kappa shape index (κ1) is 17.7. The fraction of sp³-hybridized carbons (Fsp3) is 0.444. The second-order valence-corrected chi connectivity index (χ2v) is 6.53. The van der Waals surface area contributed by atoms with Gasteiger partial charge in [0, 0.05) is 18.4 Å². The summed E-state index contributed by atoms with van der Waals surface area (Å²) in [6.07, 6.45) is 8.24. The highest BCUT2D eigenvalue weighted by Crippen LogP contribution is 2.25. The van der Waals surface area contributed by atoms with Gasteiger partial charge in [-0.1, -0.05) is 23.4 Å². The van der Waals surface area contributed by atoms with Gasteiger partial charge in [-0.3, -0.25) is 4.68 Å². The summed E-state index contributed by atoms with van der Waals surface area (Å²) in [7, 11) is 0. The zero-order chi connectivity index (χ0) is 17.6. The van der Waals surface area contributed by atoms with Crippen LogP contribution in [0.2, 0.25) is 5.15 Å². The van der Waals surface area contributed by atoms with E-state index >= 15 is 0 Å². The van der Waals surface area contributed by atoms with Gasteiger partial charge in [0.1, 0.15) is 11.8 Å². The van der Waals surface area contributed by atoms with Gasteiger partial charge in [-0.25, -0.2) is 9.37 Å².